The number of ether oxygens (including phenoxy) is 1. The van der Waals surface area contributed by atoms with Crippen LogP contribution in [0, 0.1) is 17.2 Å². The van der Waals surface area contributed by atoms with Gasteiger partial charge in [-0.1, -0.05) is 35.3 Å². The van der Waals surface area contributed by atoms with Crippen LogP contribution in [0.4, 0.5) is 10.5 Å². The number of nitriles is 1. The predicted octanol–water partition coefficient (Wildman–Crippen LogP) is 3.90. The molecule has 10 nitrogen and oxygen atoms in total. The van der Waals surface area contributed by atoms with Gasteiger partial charge in [-0.25, -0.2) is 9.69 Å². The van der Waals surface area contributed by atoms with E-state index in [1.54, 1.807) is 43.1 Å². The number of benzene rings is 2. The number of carbonyl (C=O) groups is 4. The first-order valence-electron chi connectivity index (χ1n) is 13.8. The minimum Gasteiger partial charge on any atom is -0.466 e. The van der Waals surface area contributed by atoms with Crippen LogP contribution in [0.15, 0.2) is 42.5 Å². The third-order valence-electron chi connectivity index (χ3n) is 8.53. The highest BCUT2D eigenvalue weighted by molar-refractivity contribution is 6.35. The molecule has 2 aromatic carbocycles. The average Bonchev–Trinajstić information content (AvgIpc) is 3.46. The molecule has 0 aromatic heterocycles. The van der Waals surface area contributed by atoms with Crippen LogP contribution in [0.25, 0.3) is 0 Å². The Balaban J connectivity index is 1.42. The molecule has 3 heterocycles. The standard InChI is InChI=1S/C30H31Cl2N5O5/c1-3-42-27(39)21-8-10-35(11-9-21)17-26(38)36-16-25(20-6-4-19(15-33)5-7-20)30(18-36)28(40)37(29(41)34(30)2)24-13-22(31)12-23(32)14-24/h4-7,12-14,21,25H,3,8-11,16-18H2,1-2H3/t25-,30+/m0/s1. The summed E-state index contributed by atoms with van der Waals surface area (Å²) in [6, 6.07) is 12.9. The first kappa shape index (κ1) is 29.8. The van der Waals surface area contributed by atoms with Gasteiger partial charge in [0.2, 0.25) is 5.91 Å². The van der Waals surface area contributed by atoms with Crippen molar-refractivity contribution < 1.29 is 23.9 Å². The molecular weight excluding hydrogens is 581 g/mol. The van der Waals surface area contributed by atoms with Crippen molar-refractivity contribution in [3.63, 3.8) is 0 Å². The van der Waals surface area contributed by atoms with E-state index in [0.29, 0.717) is 38.1 Å². The van der Waals surface area contributed by atoms with E-state index in [4.69, 9.17) is 27.9 Å². The number of esters is 1. The second-order valence-corrected chi connectivity index (χ2v) is 11.8. The highest BCUT2D eigenvalue weighted by Gasteiger charge is 2.65. The summed E-state index contributed by atoms with van der Waals surface area (Å²) in [6.07, 6.45) is 1.22. The quantitative estimate of drug-likeness (QED) is 0.359. The number of carbonyl (C=O) groups excluding carboxylic acids is 4. The van der Waals surface area contributed by atoms with Gasteiger partial charge in [0.25, 0.3) is 5.91 Å². The summed E-state index contributed by atoms with van der Waals surface area (Å²) in [6.45, 7) is 3.61. The Hall–Kier alpha value is -3.65. The van der Waals surface area contributed by atoms with E-state index in [9.17, 15) is 24.4 Å². The number of imide groups is 1. The lowest BCUT2D eigenvalue weighted by Gasteiger charge is -2.34. The van der Waals surface area contributed by atoms with Crippen molar-refractivity contribution in [3.8, 4) is 6.07 Å². The fourth-order valence-electron chi connectivity index (χ4n) is 6.27. The van der Waals surface area contributed by atoms with E-state index < -0.39 is 23.4 Å². The maximum Gasteiger partial charge on any atom is 0.332 e. The molecule has 3 fully saturated rings. The molecule has 0 N–H and O–H groups in total. The van der Waals surface area contributed by atoms with E-state index in [1.807, 2.05) is 4.90 Å². The monoisotopic (exact) mass is 611 g/mol. The predicted molar refractivity (Wildman–Crippen MR) is 156 cm³/mol. The minimum atomic E-state index is -1.38. The van der Waals surface area contributed by atoms with Crippen LogP contribution in [-0.2, 0) is 19.1 Å². The number of likely N-dealkylation sites (tertiary alicyclic amines) is 2. The maximum absolute atomic E-state index is 14.3. The Labute approximate surface area is 254 Å². The van der Waals surface area contributed by atoms with Crippen LogP contribution in [0.5, 0.6) is 0 Å². The SMILES string of the molecule is CCOC(=O)C1CCN(CC(=O)N2C[C@@H](c3ccc(C#N)cc3)[C@]3(C2)C(=O)N(c2cc(Cl)cc(Cl)c2)C(=O)N3C)CC1. The molecule has 4 amide bonds. The van der Waals surface area contributed by atoms with Crippen molar-refractivity contribution in [2.45, 2.75) is 31.2 Å². The average molecular weight is 613 g/mol. The molecule has 220 valence electrons. The van der Waals surface area contributed by atoms with Crippen molar-refractivity contribution in [1.29, 1.82) is 5.26 Å². The Bertz CT molecular complexity index is 1430. The minimum absolute atomic E-state index is 0.00165. The molecule has 42 heavy (non-hydrogen) atoms. The van der Waals surface area contributed by atoms with Crippen LogP contribution in [0.1, 0.15) is 36.8 Å². The van der Waals surface area contributed by atoms with Crippen LogP contribution >= 0.6 is 23.2 Å². The fraction of sp³-hybridized carbons (Fsp3) is 0.433. The maximum atomic E-state index is 14.3. The van der Waals surface area contributed by atoms with Gasteiger partial charge in [-0.15, -0.1) is 0 Å². The van der Waals surface area contributed by atoms with Gasteiger partial charge >= 0.3 is 12.0 Å². The molecule has 2 aromatic rings. The van der Waals surface area contributed by atoms with Crippen LogP contribution in [0.2, 0.25) is 10.0 Å². The summed E-state index contributed by atoms with van der Waals surface area (Å²) in [4.78, 5) is 59.9. The van der Waals surface area contributed by atoms with Crippen LogP contribution in [-0.4, -0.2) is 90.4 Å². The third kappa shape index (κ3) is 5.33. The number of urea groups is 1. The first-order valence-corrected chi connectivity index (χ1v) is 14.6. The Morgan fingerprint density at radius 2 is 1.71 bits per heavy atom. The van der Waals surface area contributed by atoms with Crippen molar-refractivity contribution in [2.75, 3.05) is 51.3 Å². The third-order valence-corrected chi connectivity index (χ3v) is 8.96. The number of halogens is 2. The summed E-state index contributed by atoms with van der Waals surface area (Å²) in [5, 5.41) is 9.85. The van der Waals surface area contributed by atoms with Gasteiger partial charge in [0.1, 0.15) is 5.54 Å². The molecule has 5 rings (SSSR count). The number of anilines is 1. The molecule has 3 aliphatic heterocycles. The zero-order valence-electron chi connectivity index (χ0n) is 23.4. The molecule has 2 atom stereocenters. The molecule has 1 spiro atoms. The molecule has 0 saturated carbocycles. The number of piperidine rings is 1. The van der Waals surface area contributed by atoms with Crippen LogP contribution in [0.3, 0.4) is 0 Å². The zero-order valence-corrected chi connectivity index (χ0v) is 24.9. The fourth-order valence-corrected chi connectivity index (χ4v) is 6.79. The lowest BCUT2D eigenvalue weighted by atomic mass is 9.80. The van der Waals surface area contributed by atoms with Gasteiger partial charge in [0.05, 0.1) is 42.9 Å². The highest BCUT2D eigenvalue weighted by Crippen LogP contribution is 2.46. The summed E-state index contributed by atoms with van der Waals surface area (Å²) in [5.74, 6) is -1.57. The summed E-state index contributed by atoms with van der Waals surface area (Å²) >= 11 is 12.4. The normalized spacial score (nSPS) is 23.1. The van der Waals surface area contributed by atoms with Gasteiger partial charge in [-0.05, 0) is 68.8 Å². The summed E-state index contributed by atoms with van der Waals surface area (Å²) in [7, 11) is 1.57. The van der Waals surface area contributed by atoms with E-state index in [-0.39, 0.29) is 53.2 Å². The van der Waals surface area contributed by atoms with E-state index in [0.717, 1.165) is 10.5 Å². The van der Waals surface area contributed by atoms with Crippen molar-refractivity contribution in [2.24, 2.45) is 5.92 Å². The summed E-state index contributed by atoms with van der Waals surface area (Å²) < 4.78 is 5.15. The number of rotatable bonds is 6. The van der Waals surface area contributed by atoms with E-state index in [2.05, 4.69) is 6.07 Å². The van der Waals surface area contributed by atoms with Crippen molar-refractivity contribution in [3.05, 3.63) is 63.6 Å². The number of nitrogens with zero attached hydrogens (tertiary/aromatic N) is 5. The molecule has 0 radical (unpaired) electrons. The second kappa shape index (κ2) is 11.9. The first-order chi connectivity index (χ1) is 20.1. The van der Waals surface area contributed by atoms with Gasteiger partial charge < -0.3 is 14.5 Å². The number of hydrogen-bond donors (Lipinski definition) is 0. The highest BCUT2D eigenvalue weighted by atomic mass is 35.5. The van der Waals surface area contributed by atoms with Gasteiger partial charge in [-0.2, -0.15) is 5.26 Å². The lowest BCUT2D eigenvalue weighted by Crippen LogP contribution is -2.54. The molecule has 3 saturated heterocycles. The Kier molecular flexibility index (Phi) is 8.46. The number of amides is 4. The van der Waals surface area contributed by atoms with Gasteiger partial charge in [0.15, 0.2) is 0 Å². The Morgan fingerprint density at radius 3 is 2.31 bits per heavy atom. The van der Waals surface area contributed by atoms with E-state index in [1.165, 1.54) is 23.1 Å². The smallest absolute Gasteiger partial charge is 0.332 e. The molecule has 0 aliphatic carbocycles. The van der Waals surface area contributed by atoms with Gasteiger partial charge in [0, 0.05) is 29.6 Å². The van der Waals surface area contributed by atoms with Crippen LogP contribution < -0.4 is 4.90 Å². The zero-order chi connectivity index (χ0) is 30.2. The number of likely N-dealkylation sites (N-methyl/N-ethyl adjacent to an activating group) is 1. The topological polar surface area (TPSA) is 114 Å². The molecule has 3 aliphatic rings. The lowest BCUT2D eigenvalue weighted by molar-refractivity contribution is -0.149. The number of hydrogen-bond acceptors (Lipinski definition) is 7. The largest absolute Gasteiger partial charge is 0.466 e. The van der Waals surface area contributed by atoms with E-state index >= 15 is 0 Å². The molecule has 0 unspecified atom stereocenters. The second-order valence-electron chi connectivity index (χ2n) is 10.9. The molecular formula is C30H31Cl2N5O5. The van der Waals surface area contributed by atoms with Crippen molar-refractivity contribution >= 4 is 52.7 Å². The Morgan fingerprint density at radius 1 is 1.07 bits per heavy atom. The van der Waals surface area contributed by atoms with Crippen molar-refractivity contribution in [1.82, 2.24) is 14.7 Å². The van der Waals surface area contributed by atoms with Gasteiger partial charge in [-0.3, -0.25) is 19.3 Å². The molecule has 12 heteroatoms. The summed E-state index contributed by atoms with van der Waals surface area (Å²) in [5.41, 5.74) is 0.0620. The molecule has 0 bridgehead atoms.